The zero-order chi connectivity index (χ0) is 8.36. The molecule has 0 aliphatic heterocycles. The summed E-state index contributed by atoms with van der Waals surface area (Å²) in [4.78, 5) is 0. The molecule has 12 heavy (non-hydrogen) atoms. The van der Waals surface area contributed by atoms with Gasteiger partial charge in [-0.1, -0.05) is 0 Å². The second-order valence-corrected chi connectivity index (χ2v) is 2.25. The maximum Gasteiger partial charge on any atom is 2.00 e. The van der Waals surface area contributed by atoms with Gasteiger partial charge in [0, 0.05) is 26.2 Å². The van der Waals surface area contributed by atoms with Crippen molar-refractivity contribution in [2.75, 3.05) is 39.3 Å². The van der Waals surface area contributed by atoms with E-state index in [9.17, 15) is 0 Å². The number of hydrogen-bond donors (Lipinski definition) is 3. The first-order valence-corrected chi connectivity index (χ1v) is 4.12. The molecule has 0 radical (unpaired) electrons. The van der Waals surface area contributed by atoms with Crippen molar-refractivity contribution in [3.05, 3.63) is 13.8 Å². The first-order chi connectivity index (χ1) is 5.41. The molecule has 0 bridgehead atoms. The van der Waals surface area contributed by atoms with Crippen LogP contribution in [0.1, 0.15) is 0 Å². The Labute approximate surface area is 92.2 Å². The van der Waals surface area contributed by atoms with Gasteiger partial charge >= 0.3 is 23.1 Å². The summed E-state index contributed by atoms with van der Waals surface area (Å²) < 4.78 is 0. The van der Waals surface area contributed by atoms with E-state index in [4.69, 9.17) is 0 Å². The van der Waals surface area contributed by atoms with Crippen molar-refractivity contribution in [2.24, 2.45) is 0 Å². The van der Waals surface area contributed by atoms with Crippen molar-refractivity contribution in [3.63, 3.8) is 0 Å². The minimum atomic E-state index is 0. The number of nitrogens with one attached hydrogen (secondary N) is 3. The largest absolute Gasteiger partial charge is 2.00 e. The molecule has 0 amide bonds. The van der Waals surface area contributed by atoms with E-state index in [0.717, 1.165) is 39.3 Å². The predicted octanol–water partition coefficient (Wildman–Crippen LogP) is -0.957. The van der Waals surface area contributed by atoms with Crippen LogP contribution in [-0.2, 0) is 0 Å². The molecule has 0 aromatic heterocycles. The Balaban J connectivity index is 0. The SMILES string of the molecule is [CH2-]CNCCNCCNC[CH2-].[Mg+2]. The third-order valence-corrected chi connectivity index (χ3v) is 1.31. The van der Waals surface area contributed by atoms with Gasteiger partial charge in [-0.2, -0.15) is 0 Å². The first-order valence-electron chi connectivity index (χ1n) is 4.12. The van der Waals surface area contributed by atoms with Crippen molar-refractivity contribution >= 4 is 23.1 Å². The molecule has 0 spiro atoms. The zero-order valence-corrected chi connectivity index (χ0v) is 9.28. The van der Waals surface area contributed by atoms with Crippen LogP contribution < -0.4 is 16.0 Å². The standard InChI is InChI=1S/C8H19N3.Mg/c1-3-9-5-7-11-8-6-10-4-2;/h9-11H,1-8H2;/q-2;+2. The molecule has 0 aliphatic carbocycles. The molecule has 0 fully saturated rings. The fourth-order valence-corrected chi connectivity index (χ4v) is 0.729. The van der Waals surface area contributed by atoms with E-state index in [0.29, 0.717) is 0 Å². The van der Waals surface area contributed by atoms with Gasteiger partial charge in [-0.3, -0.25) is 0 Å². The Morgan fingerprint density at radius 3 is 1.33 bits per heavy atom. The van der Waals surface area contributed by atoms with Crippen molar-refractivity contribution in [1.29, 1.82) is 0 Å². The van der Waals surface area contributed by atoms with Crippen LogP contribution in [0.3, 0.4) is 0 Å². The van der Waals surface area contributed by atoms with Crippen LogP contribution in [0.4, 0.5) is 0 Å². The fourth-order valence-electron chi connectivity index (χ4n) is 0.729. The molecule has 3 N–H and O–H groups in total. The second kappa shape index (κ2) is 14.2. The quantitative estimate of drug-likeness (QED) is 0.257. The van der Waals surface area contributed by atoms with Crippen LogP contribution in [0.15, 0.2) is 0 Å². The van der Waals surface area contributed by atoms with Gasteiger partial charge in [0.1, 0.15) is 0 Å². The minimum Gasteiger partial charge on any atom is -0.345 e. The van der Waals surface area contributed by atoms with Gasteiger partial charge in [-0.05, 0) is 0 Å². The molecule has 4 heteroatoms. The van der Waals surface area contributed by atoms with Gasteiger partial charge < -0.3 is 29.8 Å². The maximum atomic E-state index is 3.67. The molecule has 0 atom stereocenters. The summed E-state index contributed by atoms with van der Waals surface area (Å²) in [5.74, 6) is 0. The topological polar surface area (TPSA) is 36.1 Å². The van der Waals surface area contributed by atoms with E-state index >= 15 is 0 Å². The molecule has 0 aliphatic rings. The van der Waals surface area contributed by atoms with Crippen LogP contribution in [-0.4, -0.2) is 62.3 Å². The van der Waals surface area contributed by atoms with E-state index in [1.165, 1.54) is 0 Å². The molecule has 0 aromatic rings. The van der Waals surface area contributed by atoms with E-state index in [-0.39, 0.29) is 23.1 Å². The molecule has 0 saturated carbocycles. The molecule has 0 saturated heterocycles. The fraction of sp³-hybridized carbons (Fsp3) is 0.750. The van der Waals surface area contributed by atoms with E-state index < -0.39 is 0 Å². The van der Waals surface area contributed by atoms with Gasteiger partial charge in [-0.25, -0.2) is 0 Å². The van der Waals surface area contributed by atoms with E-state index in [1.807, 2.05) is 0 Å². The molecule has 0 aromatic carbocycles. The molecule has 0 heterocycles. The van der Waals surface area contributed by atoms with Crippen LogP contribution in [0.5, 0.6) is 0 Å². The van der Waals surface area contributed by atoms with Crippen LogP contribution >= 0.6 is 0 Å². The summed E-state index contributed by atoms with van der Waals surface area (Å²) in [5.41, 5.74) is 0. The van der Waals surface area contributed by atoms with Crippen molar-refractivity contribution < 1.29 is 0 Å². The number of rotatable bonds is 8. The van der Waals surface area contributed by atoms with E-state index in [2.05, 4.69) is 29.8 Å². The summed E-state index contributed by atoms with van der Waals surface area (Å²) >= 11 is 0. The normalized spacial score (nSPS) is 9.50. The van der Waals surface area contributed by atoms with Crippen LogP contribution in [0.2, 0.25) is 0 Å². The second-order valence-electron chi connectivity index (χ2n) is 2.25. The summed E-state index contributed by atoms with van der Waals surface area (Å²) in [7, 11) is 0. The summed E-state index contributed by atoms with van der Waals surface area (Å²) in [6, 6.07) is 0. The van der Waals surface area contributed by atoms with Crippen LogP contribution in [0, 0.1) is 13.8 Å². The Bertz CT molecular complexity index is 63.3. The molecule has 0 unspecified atom stereocenters. The van der Waals surface area contributed by atoms with Gasteiger partial charge in [-0.15, -0.1) is 13.1 Å². The van der Waals surface area contributed by atoms with Crippen molar-refractivity contribution in [2.45, 2.75) is 0 Å². The molecule has 68 valence electrons. The zero-order valence-electron chi connectivity index (χ0n) is 7.86. The Morgan fingerprint density at radius 1 is 0.667 bits per heavy atom. The first kappa shape index (κ1) is 15.1. The van der Waals surface area contributed by atoms with Crippen LogP contribution in [0.25, 0.3) is 0 Å². The summed E-state index contributed by atoms with van der Waals surface area (Å²) in [6.07, 6.45) is 0. The van der Waals surface area contributed by atoms with Gasteiger partial charge in [0.25, 0.3) is 0 Å². The minimum absolute atomic E-state index is 0. The molecule has 3 nitrogen and oxygen atoms in total. The summed E-state index contributed by atoms with van der Waals surface area (Å²) in [5, 5.41) is 9.54. The molecular weight excluding hydrogens is 162 g/mol. The summed E-state index contributed by atoms with van der Waals surface area (Å²) in [6.45, 7) is 13.0. The van der Waals surface area contributed by atoms with Crippen molar-refractivity contribution in [1.82, 2.24) is 16.0 Å². The molecule has 0 rings (SSSR count). The Morgan fingerprint density at radius 2 is 1.00 bits per heavy atom. The van der Waals surface area contributed by atoms with Gasteiger partial charge in [0.15, 0.2) is 0 Å². The average Bonchev–Trinajstić information content (AvgIpc) is 2.03. The molecular formula is C8H19MgN3. The van der Waals surface area contributed by atoms with E-state index in [1.54, 1.807) is 0 Å². The smallest absolute Gasteiger partial charge is 0.345 e. The van der Waals surface area contributed by atoms with Crippen molar-refractivity contribution in [3.8, 4) is 0 Å². The Hall–Kier alpha value is 0.646. The number of hydrogen-bond acceptors (Lipinski definition) is 3. The third kappa shape index (κ3) is 13.3. The van der Waals surface area contributed by atoms with Gasteiger partial charge in [0.05, 0.1) is 0 Å². The monoisotopic (exact) mass is 181 g/mol. The maximum absolute atomic E-state index is 3.67. The average molecular weight is 182 g/mol. The van der Waals surface area contributed by atoms with Gasteiger partial charge in [0.2, 0.25) is 0 Å². The Kier molecular flexibility index (Phi) is 17.9. The predicted molar refractivity (Wildman–Crippen MR) is 55.1 cm³/mol. The third-order valence-electron chi connectivity index (χ3n) is 1.31.